The van der Waals surface area contributed by atoms with E-state index in [9.17, 15) is 0 Å². The highest BCUT2D eigenvalue weighted by Crippen LogP contribution is 2.08. The first kappa shape index (κ1) is 13.9. The van der Waals surface area contributed by atoms with Gasteiger partial charge >= 0.3 is 0 Å². The maximum Gasteiger partial charge on any atom is 0.0645 e. The largest absolute Gasteiger partial charge is 0.394 e. The van der Waals surface area contributed by atoms with E-state index in [2.05, 4.69) is 12.2 Å². The number of aliphatic hydroxyl groups excluding tert-OH is 2. The number of unbranched alkanes of at least 4 members (excludes halogenated alkanes) is 3. The molecule has 0 rings (SSSR count). The minimum atomic E-state index is -0.466. The Morgan fingerprint density at radius 2 is 1.64 bits per heavy atom. The minimum absolute atomic E-state index is 0.00772. The number of hydrogen-bond donors (Lipinski definition) is 3. The van der Waals surface area contributed by atoms with E-state index in [0.717, 1.165) is 19.4 Å². The van der Waals surface area contributed by atoms with E-state index >= 15 is 0 Å². The molecule has 0 saturated heterocycles. The molecule has 0 atom stereocenters. The molecule has 3 N–H and O–H groups in total. The first-order valence-electron chi connectivity index (χ1n) is 5.71. The van der Waals surface area contributed by atoms with Crippen molar-refractivity contribution in [3.05, 3.63) is 0 Å². The molecule has 0 aromatic heterocycles. The summed E-state index contributed by atoms with van der Waals surface area (Å²) in [5.41, 5.74) is -0.466. The number of rotatable bonds is 9. The lowest BCUT2D eigenvalue weighted by Crippen LogP contribution is -2.51. The van der Waals surface area contributed by atoms with E-state index in [1.54, 1.807) is 0 Å². The second kappa shape index (κ2) is 8.21. The van der Waals surface area contributed by atoms with Crippen LogP contribution in [0.1, 0.15) is 46.0 Å². The van der Waals surface area contributed by atoms with Crippen LogP contribution in [0, 0.1) is 0 Å². The summed E-state index contributed by atoms with van der Waals surface area (Å²) in [6.45, 7) is 5.06. The molecule has 3 nitrogen and oxygen atoms in total. The first-order chi connectivity index (χ1) is 6.74. The highest BCUT2D eigenvalue weighted by Gasteiger charge is 2.24. The Bertz CT molecular complexity index is 116. The summed E-state index contributed by atoms with van der Waals surface area (Å²) in [6.07, 6.45) is 5.60. The van der Waals surface area contributed by atoms with Crippen molar-refractivity contribution in [1.82, 2.24) is 5.32 Å². The molecule has 0 aromatic rings. The van der Waals surface area contributed by atoms with E-state index in [1.165, 1.54) is 19.3 Å². The quantitative estimate of drug-likeness (QED) is 0.495. The maximum atomic E-state index is 9.16. The molecule has 86 valence electrons. The molecule has 0 saturated carbocycles. The van der Waals surface area contributed by atoms with Gasteiger partial charge in [-0.05, 0) is 19.4 Å². The molecule has 3 heteroatoms. The van der Waals surface area contributed by atoms with Gasteiger partial charge in [0.2, 0.25) is 0 Å². The van der Waals surface area contributed by atoms with Gasteiger partial charge in [-0.1, -0.05) is 33.1 Å². The van der Waals surface area contributed by atoms with Crippen LogP contribution < -0.4 is 5.32 Å². The van der Waals surface area contributed by atoms with Crippen LogP contribution in [0.15, 0.2) is 0 Å². The average molecular weight is 203 g/mol. The van der Waals surface area contributed by atoms with Crippen molar-refractivity contribution in [2.75, 3.05) is 19.8 Å². The van der Waals surface area contributed by atoms with Crippen molar-refractivity contribution < 1.29 is 10.2 Å². The van der Waals surface area contributed by atoms with E-state index in [4.69, 9.17) is 10.2 Å². The van der Waals surface area contributed by atoms with Gasteiger partial charge in [-0.3, -0.25) is 0 Å². The van der Waals surface area contributed by atoms with Crippen molar-refractivity contribution in [1.29, 1.82) is 0 Å². The predicted molar refractivity (Wildman–Crippen MR) is 59.3 cm³/mol. The Balaban J connectivity index is 3.61. The third-order valence-electron chi connectivity index (χ3n) is 2.81. The summed E-state index contributed by atoms with van der Waals surface area (Å²) in [5.74, 6) is 0. The normalized spacial score (nSPS) is 12.0. The Hall–Kier alpha value is -0.120. The summed E-state index contributed by atoms with van der Waals surface area (Å²) in [4.78, 5) is 0. The zero-order chi connectivity index (χ0) is 10.9. The van der Waals surface area contributed by atoms with Gasteiger partial charge in [-0.2, -0.15) is 0 Å². The molecule has 0 spiro atoms. The van der Waals surface area contributed by atoms with Gasteiger partial charge in [0.25, 0.3) is 0 Å². The molecule has 14 heavy (non-hydrogen) atoms. The van der Waals surface area contributed by atoms with Crippen molar-refractivity contribution in [2.45, 2.75) is 51.5 Å². The van der Waals surface area contributed by atoms with E-state index in [-0.39, 0.29) is 13.2 Å². The summed E-state index contributed by atoms with van der Waals surface area (Å²) >= 11 is 0. The monoisotopic (exact) mass is 203 g/mol. The van der Waals surface area contributed by atoms with Gasteiger partial charge < -0.3 is 15.5 Å². The van der Waals surface area contributed by atoms with Crippen LogP contribution in [0.4, 0.5) is 0 Å². The van der Waals surface area contributed by atoms with Crippen LogP contribution in [0.2, 0.25) is 0 Å². The average Bonchev–Trinajstić information content (AvgIpc) is 2.24. The van der Waals surface area contributed by atoms with Gasteiger partial charge in [-0.25, -0.2) is 0 Å². The molecule has 0 radical (unpaired) electrons. The summed E-state index contributed by atoms with van der Waals surface area (Å²) in [6, 6.07) is 0. The van der Waals surface area contributed by atoms with E-state index in [1.807, 2.05) is 6.92 Å². The predicted octanol–water partition coefficient (Wildman–Crippen LogP) is 1.29. The molecular weight excluding hydrogens is 178 g/mol. The molecule has 0 aliphatic heterocycles. The lowest BCUT2D eigenvalue weighted by molar-refractivity contribution is 0.0876. The topological polar surface area (TPSA) is 52.5 Å². The van der Waals surface area contributed by atoms with Crippen LogP contribution in [0.5, 0.6) is 0 Å². The number of hydrogen-bond acceptors (Lipinski definition) is 3. The van der Waals surface area contributed by atoms with Gasteiger partial charge in [0, 0.05) is 0 Å². The van der Waals surface area contributed by atoms with Crippen LogP contribution >= 0.6 is 0 Å². The molecule has 0 heterocycles. The Kier molecular flexibility index (Phi) is 8.14. The van der Waals surface area contributed by atoms with Crippen LogP contribution in [-0.2, 0) is 0 Å². The fraction of sp³-hybridized carbons (Fsp3) is 1.00. The van der Waals surface area contributed by atoms with Gasteiger partial charge in [0.1, 0.15) is 0 Å². The van der Waals surface area contributed by atoms with Gasteiger partial charge in [0.15, 0.2) is 0 Å². The summed E-state index contributed by atoms with van der Waals surface area (Å²) in [5, 5.41) is 21.6. The first-order valence-corrected chi connectivity index (χ1v) is 5.71. The number of nitrogens with one attached hydrogen (secondary N) is 1. The zero-order valence-corrected chi connectivity index (χ0v) is 9.55. The molecule has 0 bridgehead atoms. The second-order valence-corrected chi connectivity index (χ2v) is 3.94. The van der Waals surface area contributed by atoms with Crippen LogP contribution in [-0.4, -0.2) is 35.5 Å². The Morgan fingerprint density at radius 1 is 1.00 bits per heavy atom. The highest BCUT2D eigenvalue weighted by atomic mass is 16.3. The lowest BCUT2D eigenvalue weighted by atomic mass is 9.98. The third kappa shape index (κ3) is 4.94. The molecule has 0 unspecified atom stereocenters. The highest BCUT2D eigenvalue weighted by molar-refractivity contribution is 4.84. The molecule has 0 aliphatic rings. The van der Waals surface area contributed by atoms with Crippen LogP contribution in [0.3, 0.4) is 0 Å². The molecule has 0 amide bonds. The van der Waals surface area contributed by atoms with Gasteiger partial charge in [0.05, 0.1) is 18.8 Å². The molecule has 0 fully saturated rings. The van der Waals surface area contributed by atoms with Gasteiger partial charge in [-0.15, -0.1) is 0 Å². The minimum Gasteiger partial charge on any atom is -0.394 e. The van der Waals surface area contributed by atoms with E-state index < -0.39 is 5.54 Å². The molecular formula is C11H25NO2. The van der Waals surface area contributed by atoms with Crippen molar-refractivity contribution in [3.63, 3.8) is 0 Å². The van der Waals surface area contributed by atoms with Crippen LogP contribution in [0.25, 0.3) is 0 Å². The maximum absolute atomic E-state index is 9.16. The van der Waals surface area contributed by atoms with Crippen molar-refractivity contribution >= 4 is 0 Å². The number of aliphatic hydroxyl groups is 2. The summed E-state index contributed by atoms with van der Waals surface area (Å²) in [7, 11) is 0. The summed E-state index contributed by atoms with van der Waals surface area (Å²) < 4.78 is 0. The zero-order valence-electron chi connectivity index (χ0n) is 9.55. The van der Waals surface area contributed by atoms with E-state index in [0.29, 0.717) is 0 Å². The Morgan fingerprint density at radius 3 is 2.07 bits per heavy atom. The fourth-order valence-electron chi connectivity index (χ4n) is 1.42. The SMILES string of the molecule is CCCCCCNC(CC)(CO)CO. The molecule has 0 aromatic carbocycles. The Labute approximate surface area is 87.5 Å². The van der Waals surface area contributed by atoms with Crippen molar-refractivity contribution in [2.24, 2.45) is 0 Å². The fourth-order valence-corrected chi connectivity index (χ4v) is 1.42. The standard InChI is InChI=1S/C11H25NO2/c1-3-5-6-7-8-12-11(4-2,9-13)10-14/h12-14H,3-10H2,1-2H3. The second-order valence-electron chi connectivity index (χ2n) is 3.94. The lowest BCUT2D eigenvalue weighted by Gasteiger charge is -2.29. The third-order valence-corrected chi connectivity index (χ3v) is 2.81. The molecule has 0 aliphatic carbocycles. The van der Waals surface area contributed by atoms with Crippen molar-refractivity contribution in [3.8, 4) is 0 Å². The smallest absolute Gasteiger partial charge is 0.0645 e.